The Balaban J connectivity index is 2.00. The van der Waals surface area contributed by atoms with Crippen molar-refractivity contribution in [2.24, 2.45) is 5.92 Å². The van der Waals surface area contributed by atoms with Crippen molar-refractivity contribution in [2.75, 3.05) is 0 Å². The summed E-state index contributed by atoms with van der Waals surface area (Å²) in [5.74, 6) is -1.13. The van der Waals surface area contributed by atoms with Gasteiger partial charge in [-0.25, -0.2) is 4.39 Å². The van der Waals surface area contributed by atoms with E-state index in [1.807, 2.05) is 44.2 Å². The lowest BCUT2D eigenvalue weighted by atomic mass is 10.0. The van der Waals surface area contributed by atoms with Crippen molar-refractivity contribution in [1.82, 2.24) is 10.6 Å². The van der Waals surface area contributed by atoms with Crippen LogP contribution in [0.3, 0.4) is 0 Å². The zero-order valence-electron chi connectivity index (χ0n) is 16.7. The third-order valence-electron chi connectivity index (χ3n) is 4.47. The standard InChI is InChI=1S/C23H26FN3O2/c1-16(2)14-21(27-22(28)18-9-11-19(24)12-10-18)23(29)26-20(15-25)13-8-17-6-4-3-5-7-17/h3-7,9-12,16,20-21H,8,13-14H2,1-2H3,(H,26,29)(H,27,28)/t20-,21-/m0/s1. The van der Waals surface area contributed by atoms with Gasteiger partial charge < -0.3 is 10.6 Å². The molecule has 2 atom stereocenters. The fourth-order valence-corrected chi connectivity index (χ4v) is 2.94. The SMILES string of the molecule is CC(C)C[C@H](NC(=O)c1ccc(F)cc1)C(=O)N[C@H](C#N)CCc1ccccc1. The second kappa shape index (κ2) is 11.0. The van der Waals surface area contributed by atoms with Crippen molar-refractivity contribution in [3.8, 4) is 6.07 Å². The zero-order valence-corrected chi connectivity index (χ0v) is 16.7. The Bertz CT molecular complexity index is 845. The van der Waals surface area contributed by atoms with E-state index < -0.39 is 29.7 Å². The van der Waals surface area contributed by atoms with Crippen LogP contribution < -0.4 is 10.6 Å². The summed E-state index contributed by atoms with van der Waals surface area (Å²) >= 11 is 0. The van der Waals surface area contributed by atoms with E-state index in [1.165, 1.54) is 24.3 Å². The van der Waals surface area contributed by atoms with E-state index >= 15 is 0 Å². The van der Waals surface area contributed by atoms with E-state index in [9.17, 15) is 19.2 Å². The van der Waals surface area contributed by atoms with Crippen LogP contribution in [0.15, 0.2) is 54.6 Å². The first-order chi connectivity index (χ1) is 13.9. The number of benzene rings is 2. The zero-order chi connectivity index (χ0) is 21.2. The molecule has 0 aromatic heterocycles. The number of carbonyl (C=O) groups excluding carboxylic acids is 2. The number of halogens is 1. The number of hydrogen-bond acceptors (Lipinski definition) is 3. The summed E-state index contributed by atoms with van der Waals surface area (Å²) in [6.07, 6.45) is 1.57. The third-order valence-corrected chi connectivity index (χ3v) is 4.47. The van der Waals surface area contributed by atoms with Crippen LogP contribution in [0.2, 0.25) is 0 Å². The first kappa shape index (κ1) is 22.1. The van der Waals surface area contributed by atoms with Crippen molar-refractivity contribution in [3.05, 3.63) is 71.5 Å². The van der Waals surface area contributed by atoms with Crippen LogP contribution in [0.25, 0.3) is 0 Å². The molecular weight excluding hydrogens is 369 g/mol. The highest BCUT2D eigenvalue weighted by Crippen LogP contribution is 2.10. The first-order valence-corrected chi connectivity index (χ1v) is 9.69. The lowest BCUT2D eigenvalue weighted by molar-refractivity contribution is -0.123. The lowest BCUT2D eigenvalue weighted by Gasteiger charge is -2.22. The summed E-state index contributed by atoms with van der Waals surface area (Å²) < 4.78 is 13.1. The van der Waals surface area contributed by atoms with Crippen LogP contribution >= 0.6 is 0 Å². The van der Waals surface area contributed by atoms with E-state index in [0.29, 0.717) is 19.3 Å². The molecule has 0 spiro atoms. The molecule has 29 heavy (non-hydrogen) atoms. The monoisotopic (exact) mass is 395 g/mol. The van der Waals surface area contributed by atoms with Gasteiger partial charge in [-0.15, -0.1) is 0 Å². The molecule has 0 unspecified atom stereocenters. The van der Waals surface area contributed by atoms with Gasteiger partial charge in [-0.05, 0) is 55.0 Å². The van der Waals surface area contributed by atoms with E-state index in [1.54, 1.807) is 0 Å². The number of carbonyl (C=O) groups is 2. The Morgan fingerprint density at radius 2 is 1.69 bits per heavy atom. The fraction of sp³-hybridized carbons (Fsp3) is 0.348. The predicted molar refractivity (Wildman–Crippen MR) is 109 cm³/mol. The molecule has 0 aliphatic heterocycles. The van der Waals surface area contributed by atoms with Crippen molar-refractivity contribution >= 4 is 11.8 Å². The van der Waals surface area contributed by atoms with Gasteiger partial charge in [0.05, 0.1) is 6.07 Å². The molecule has 5 nitrogen and oxygen atoms in total. The first-order valence-electron chi connectivity index (χ1n) is 9.69. The van der Waals surface area contributed by atoms with Crippen LogP contribution in [0.5, 0.6) is 0 Å². The number of nitrogens with one attached hydrogen (secondary N) is 2. The van der Waals surface area contributed by atoms with Crippen LogP contribution in [-0.2, 0) is 11.2 Å². The molecule has 0 fully saturated rings. The highest BCUT2D eigenvalue weighted by atomic mass is 19.1. The lowest BCUT2D eigenvalue weighted by Crippen LogP contribution is -2.50. The second-order valence-corrected chi connectivity index (χ2v) is 7.38. The summed E-state index contributed by atoms with van der Waals surface area (Å²) in [6, 6.07) is 15.5. The highest BCUT2D eigenvalue weighted by Gasteiger charge is 2.24. The van der Waals surface area contributed by atoms with Gasteiger partial charge in [-0.2, -0.15) is 5.26 Å². The number of rotatable bonds is 9. The molecule has 2 rings (SSSR count). The van der Waals surface area contributed by atoms with Gasteiger partial charge in [0.1, 0.15) is 17.9 Å². The van der Waals surface area contributed by atoms with Gasteiger partial charge in [0, 0.05) is 5.56 Å². The van der Waals surface area contributed by atoms with Crippen LogP contribution in [0.4, 0.5) is 4.39 Å². The number of hydrogen-bond donors (Lipinski definition) is 2. The maximum absolute atomic E-state index is 13.1. The van der Waals surface area contributed by atoms with Gasteiger partial charge in [0.25, 0.3) is 5.91 Å². The molecule has 0 saturated heterocycles. The van der Waals surface area contributed by atoms with Crippen molar-refractivity contribution in [3.63, 3.8) is 0 Å². The normalized spacial score (nSPS) is 12.7. The summed E-state index contributed by atoms with van der Waals surface area (Å²) in [6.45, 7) is 3.89. The third kappa shape index (κ3) is 7.38. The van der Waals surface area contributed by atoms with E-state index in [-0.39, 0.29) is 11.5 Å². The van der Waals surface area contributed by atoms with Crippen LogP contribution in [-0.4, -0.2) is 23.9 Å². The minimum absolute atomic E-state index is 0.157. The van der Waals surface area contributed by atoms with Crippen LogP contribution in [0, 0.1) is 23.1 Å². The fourth-order valence-electron chi connectivity index (χ4n) is 2.94. The number of nitriles is 1. The van der Waals surface area contributed by atoms with Gasteiger partial charge in [0.2, 0.25) is 5.91 Å². The number of amides is 2. The molecule has 0 heterocycles. The largest absolute Gasteiger partial charge is 0.340 e. The molecule has 2 amide bonds. The van der Waals surface area contributed by atoms with Gasteiger partial charge >= 0.3 is 0 Å². The Labute approximate surface area is 170 Å². The molecule has 0 aliphatic rings. The van der Waals surface area contributed by atoms with Crippen molar-refractivity contribution in [2.45, 2.75) is 45.2 Å². The summed E-state index contributed by atoms with van der Waals surface area (Å²) in [7, 11) is 0. The predicted octanol–water partition coefficient (Wildman–Crippen LogP) is 3.61. The molecule has 0 aliphatic carbocycles. The highest BCUT2D eigenvalue weighted by molar-refractivity contribution is 5.97. The molecule has 2 aromatic carbocycles. The van der Waals surface area contributed by atoms with Gasteiger partial charge in [0.15, 0.2) is 0 Å². The molecule has 0 saturated carbocycles. The maximum atomic E-state index is 13.1. The minimum atomic E-state index is -0.778. The molecule has 2 N–H and O–H groups in total. The summed E-state index contributed by atoms with van der Waals surface area (Å²) in [5, 5.41) is 14.9. The maximum Gasteiger partial charge on any atom is 0.251 e. The smallest absolute Gasteiger partial charge is 0.251 e. The van der Waals surface area contributed by atoms with E-state index in [2.05, 4.69) is 16.7 Å². The molecule has 152 valence electrons. The second-order valence-electron chi connectivity index (χ2n) is 7.38. The number of aryl methyl sites for hydroxylation is 1. The quantitative estimate of drug-likeness (QED) is 0.680. The number of nitrogens with zero attached hydrogens (tertiary/aromatic N) is 1. The van der Waals surface area contributed by atoms with Crippen LogP contribution in [0.1, 0.15) is 42.6 Å². The van der Waals surface area contributed by atoms with Crippen molar-refractivity contribution < 1.29 is 14.0 Å². The van der Waals surface area contributed by atoms with Gasteiger partial charge in [-0.1, -0.05) is 44.2 Å². The van der Waals surface area contributed by atoms with Gasteiger partial charge in [-0.3, -0.25) is 9.59 Å². The summed E-state index contributed by atoms with van der Waals surface area (Å²) in [5.41, 5.74) is 1.36. The molecule has 2 aromatic rings. The average Bonchev–Trinajstić information content (AvgIpc) is 2.71. The molecule has 6 heteroatoms. The Kier molecular flexibility index (Phi) is 8.35. The topological polar surface area (TPSA) is 82.0 Å². The average molecular weight is 395 g/mol. The molecule has 0 radical (unpaired) electrons. The minimum Gasteiger partial charge on any atom is -0.340 e. The Morgan fingerprint density at radius 1 is 1.03 bits per heavy atom. The van der Waals surface area contributed by atoms with E-state index in [4.69, 9.17) is 0 Å². The molecule has 0 bridgehead atoms. The van der Waals surface area contributed by atoms with E-state index in [0.717, 1.165) is 5.56 Å². The molecular formula is C23H26FN3O2. The summed E-state index contributed by atoms with van der Waals surface area (Å²) in [4.78, 5) is 25.2. The Hall–Kier alpha value is -3.20. The van der Waals surface area contributed by atoms with Crippen molar-refractivity contribution in [1.29, 1.82) is 5.26 Å². The Morgan fingerprint density at radius 3 is 2.28 bits per heavy atom.